The van der Waals surface area contributed by atoms with Gasteiger partial charge >= 0.3 is 0 Å². The van der Waals surface area contributed by atoms with Gasteiger partial charge in [-0.25, -0.2) is 19.6 Å². The van der Waals surface area contributed by atoms with Crippen LogP contribution in [0, 0.1) is 0 Å². The van der Waals surface area contributed by atoms with Crippen molar-refractivity contribution in [3.8, 4) is 5.82 Å². The van der Waals surface area contributed by atoms with Crippen LogP contribution in [0.25, 0.3) is 17.0 Å². The minimum atomic E-state index is 0.654. The highest BCUT2D eigenvalue weighted by Crippen LogP contribution is 2.14. The van der Waals surface area contributed by atoms with Crippen molar-refractivity contribution in [2.75, 3.05) is 13.1 Å². The average Bonchev–Trinajstić information content (AvgIpc) is 3.15. The number of fused-ring (bicyclic) bond motifs is 1. The van der Waals surface area contributed by atoms with E-state index in [2.05, 4.69) is 37.3 Å². The van der Waals surface area contributed by atoms with Crippen LogP contribution >= 0.6 is 0 Å². The van der Waals surface area contributed by atoms with Gasteiger partial charge in [0.2, 0.25) is 0 Å². The molecule has 0 spiro atoms. The van der Waals surface area contributed by atoms with Crippen molar-refractivity contribution < 1.29 is 0 Å². The highest BCUT2D eigenvalue weighted by Gasteiger charge is 2.09. The lowest BCUT2D eigenvalue weighted by Gasteiger charge is -2.01. The molecule has 0 atom stereocenters. The van der Waals surface area contributed by atoms with Gasteiger partial charge in [0.1, 0.15) is 11.8 Å². The van der Waals surface area contributed by atoms with Crippen LogP contribution in [0.3, 0.4) is 0 Å². The summed E-state index contributed by atoms with van der Waals surface area (Å²) in [6.07, 6.45) is 10.3. The molecular formula is C14H19N7. The summed E-state index contributed by atoms with van der Waals surface area (Å²) in [5, 5.41) is 7.79. The zero-order valence-corrected chi connectivity index (χ0v) is 12.1. The standard InChI is InChI=1S/C14H19N7/c1-2-5-15-6-3-4-11-7-20-21(8-11)14-12-13(17-9-16-12)18-10-19-14/h7-10,15H,2-6H2,1H3,(H,16,17,18,19). The molecule has 0 radical (unpaired) electrons. The molecular weight excluding hydrogens is 266 g/mol. The first-order chi connectivity index (χ1) is 10.4. The Morgan fingerprint density at radius 2 is 2.19 bits per heavy atom. The van der Waals surface area contributed by atoms with Gasteiger partial charge in [-0.3, -0.25) is 0 Å². The fourth-order valence-corrected chi connectivity index (χ4v) is 2.25. The summed E-state index contributed by atoms with van der Waals surface area (Å²) in [5.74, 6) is 0.729. The lowest BCUT2D eigenvalue weighted by atomic mass is 10.2. The molecule has 3 rings (SSSR count). The summed E-state index contributed by atoms with van der Waals surface area (Å²) in [6, 6.07) is 0. The van der Waals surface area contributed by atoms with E-state index in [0.29, 0.717) is 5.65 Å². The number of hydrogen-bond acceptors (Lipinski definition) is 5. The normalized spacial score (nSPS) is 11.3. The Morgan fingerprint density at radius 3 is 3.10 bits per heavy atom. The van der Waals surface area contributed by atoms with Crippen molar-refractivity contribution in [1.29, 1.82) is 0 Å². The second-order valence-electron chi connectivity index (χ2n) is 4.95. The maximum atomic E-state index is 4.39. The Hall–Kier alpha value is -2.28. The van der Waals surface area contributed by atoms with Crippen molar-refractivity contribution >= 4 is 11.2 Å². The molecule has 7 nitrogen and oxygen atoms in total. The van der Waals surface area contributed by atoms with Gasteiger partial charge in [-0.1, -0.05) is 6.92 Å². The van der Waals surface area contributed by atoms with Crippen molar-refractivity contribution in [2.45, 2.75) is 26.2 Å². The third-order valence-corrected chi connectivity index (χ3v) is 3.30. The molecule has 3 aromatic heterocycles. The minimum absolute atomic E-state index is 0.654. The third-order valence-electron chi connectivity index (χ3n) is 3.30. The van der Waals surface area contributed by atoms with Crippen LogP contribution in [0.15, 0.2) is 25.0 Å². The van der Waals surface area contributed by atoms with Crippen molar-refractivity contribution in [3.63, 3.8) is 0 Å². The molecule has 7 heteroatoms. The first-order valence-corrected chi connectivity index (χ1v) is 7.27. The largest absolute Gasteiger partial charge is 0.340 e. The molecule has 3 aromatic rings. The lowest BCUT2D eigenvalue weighted by Crippen LogP contribution is -2.16. The summed E-state index contributed by atoms with van der Waals surface area (Å²) in [5.41, 5.74) is 2.66. The zero-order chi connectivity index (χ0) is 14.5. The van der Waals surface area contributed by atoms with Gasteiger partial charge in [-0.2, -0.15) is 5.10 Å². The van der Waals surface area contributed by atoms with Crippen LogP contribution in [0.2, 0.25) is 0 Å². The Balaban J connectivity index is 1.69. The van der Waals surface area contributed by atoms with Crippen molar-refractivity contribution in [2.24, 2.45) is 0 Å². The number of H-pyrrole nitrogens is 1. The molecule has 0 fully saturated rings. The van der Waals surface area contributed by atoms with E-state index >= 15 is 0 Å². The highest BCUT2D eigenvalue weighted by molar-refractivity contribution is 5.77. The molecule has 0 aliphatic carbocycles. The van der Waals surface area contributed by atoms with E-state index in [1.54, 1.807) is 11.0 Å². The molecule has 21 heavy (non-hydrogen) atoms. The number of imidazole rings is 1. The number of rotatable bonds is 7. The summed E-state index contributed by atoms with van der Waals surface area (Å²) in [6.45, 7) is 4.30. The van der Waals surface area contributed by atoms with Crippen LogP contribution < -0.4 is 5.32 Å². The Bertz CT molecular complexity index is 700. The lowest BCUT2D eigenvalue weighted by molar-refractivity contribution is 0.640. The SMILES string of the molecule is CCCNCCCc1cnn(-c2ncnc3nc[nH]c23)c1. The van der Waals surface area contributed by atoms with E-state index in [-0.39, 0.29) is 0 Å². The van der Waals surface area contributed by atoms with E-state index in [0.717, 1.165) is 37.3 Å². The predicted octanol–water partition coefficient (Wildman–Crippen LogP) is 1.47. The molecule has 0 unspecified atom stereocenters. The van der Waals surface area contributed by atoms with Gasteiger partial charge in [-0.05, 0) is 37.9 Å². The van der Waals surface area contributed by atoms with Gasteiger partial charge in [-0.15, -0.1) is 0 Å². The van der Waals surface area contributed by atoms with Crippen molar-refractivity contribution in [1.82, 2.24) is 35.0 Å². The number of nitrogens with zero attached hydrogens (tertiary/aromatic N) is 5. The summed E-state index contributed by atoms with van der Waals surface area (Å²) < 4.78 is 1.77. The number of aromatic nitrogens is 6. The van der Waals surface area contributed by atoms with E-state index in [9.17, 15) is 0 Å². The van der Waals surface area contributed by atoms with Crippen LogP contribution in [0.5, 0.6) is 0 Å². The number of aryl methyl sites for hydroxylation is 1. The zero-order valence-electron chi connectivity index (χ0n) is 12.1. The Labute approximate surface area is 122 Å². The summed E-state index contributed by atoms with van der Waals surface area (Å²) in [4.78, 5) is 15.6. The number of aromatic amines is 1. The average molecular weight is 285 g/mol. The van der Waals surface area contributed by atoms with E-state index < -0.39 is 0 Å². The molecule has 3 heterocycles. The minimum Gasteiger partial charge on any atom is -0.340 e. The maximum absolute atomic E-state index is 4.39. The van der Waals surface area contributed by atoms with Crippen molar-refractivity contribution in [3.05, 3.63) is 30.6 Å². The predicted molar refractivity (Wildman–Crippen MR) is 80.3 cm³/mol. The Morgan fingerprint density at radius 1 is 1.24 bits per heavy atom. The van der Waals surface area contributed by atoms with E-state index in [1.165, 1.54) is 18.3 Å². The van der Waals surface area contributed by atoms with Gasteiger partial charge < -0.3 is 10.3 Å². The summed E-state index contributed by atoms with van der Waals surface area (Å²) in [7, 11) is 0. The van der Waals surface area contributed by atoms with Crippen LogP contribution in [0.1, 0.15) is 25.3 Å². The molecule has 0 aliphatic rings. The summed E-state index contributed by atoms with van der Waals surface area (Å²) >= 11 is 0. The molecule has 0 saturated carbocycles. The maximum Gasteiger partial charge on any atom is 0.182 e. The Kier molecular flexibility index (Phi) is 4.20. The molecule has 110 valence electrons. The van der Waals surface area contributed by atoms with Gasteiger partial charge in [0.25, 0.3) is 0 Å². The fourth-order valence-electron chi connectivity index (χ4n) is 2.25. The third kappa shape index (κ3) is 3.08. The highest BCUT2D eigenvalue weighted by atomic mass is 15.3. The first-order valence-electron chi connectivity index (χ1n) is 7.27. The monoisotopic (exact) mass is 285 g/mol. The smallest absolute Gasteiger partial charge is 0.182 e. The van der Waals surface area contributed by atoms with Crippen LogP contribution in [-0.2, 0) is 6.42 Å². The second kappa shape index (κ2) is 6.45. The van der Waals surface area contributed by atoms with Gasteiger partial charge in [0.05, 0.1) is 12.5 Å². The second-order valence-corrected chi connectivity index (χ2v) is 4.95. The topological polar surface area (TPSA) is 84.3 Å². The van der Waals surface area contributed by atoms with Crippen LogP contribution in [-0.4, -0.2) is 42.8 Å². The number of nitrogens with one attached hydrogen (secondary N) is 2. The molecule has 0 bridgehead atoms. The van der Waals surface area contributed by atoms with Gasteiger partial charge in [0.15, 0.2) is 11.5 Å². The molecule has 2 N–H and O–H groups in total. The quantitative estimate of drug-likeness (QED) is 0.642. The van der Waals surface area contributed by atoms with E-state index in [1.807, 2.05) is 12.4 Å². The number of hydrogen-bond donors (Lipinski definition) is 2. The molecule has 0 saturated heterocycles. The first kappa shape index (κ1) is 13.7. The molecule has 0 aromatic carbocycles. The van der Waals surface area contributed by atoms with Crippen LogP contribution in [0.4, 0.5) is 0 Å². The molecule has 0 amide bonds. The molecule has 0 aliphatic heterocycles. The van der Waals surface area contributed by atoms with E-state index in [4.69, 9.17) is 0 Å². The fraction of sp³-hybridized carbons (Fsp3) is 0.429. The van der Waals surface area contributed by atoms with Gasteiger partial charge in [0, 0.05) is 6.20 Å².